The Morgan fingerprint density at radius 2 is 1.88 bits per heavy atom. The molecule has 2 heterocycles. The number of likely N-dealkylation sites (N-methyl/N-ethyl adjacent to an activating group) is 1. The van der Waals surface area contributed by atoms with Crippen LogP contribution < -0.4 is 0 Å². The number of amides is 1. The van der Waals surface area contributed by atoms with Crippen LogP contribution in [0.15, 0.2) is 60.9 Å². The van der Waals surface area contributed by atoms with Gasteiger partial charge in [0.15, 0.2) is 0 Å². The fourth-order valence-corrected chi connectivity index (χ4v) is 2.64. The van der Waals surface area contributed by atoms with Crippen molar-refractivity contribution >= 4 is 5.91 Å². The third-order valence-electron chi connectivity index (χ3n) is 4.08. The summed E-state index contributed by atoms with van der Waals surface area (Å²) in [6.45, 7) is 1.92. The van der Waals surface area contributed by atoms with Crippen LogP contribution >= 0.6 is 0 Å². The number of rotatable bonds is 7. The number of nitrogens with zero attached hydrogens (tertiary/aromatic N) is 4. The van der Waals surface area contributed by atoms with Crippen LogP contribution in [0.3, 0.4) is 0 Å². The van der Waals surface area contributed by atoms with Gasteiger partial charge in [-0.05, 0) is 31.8 Å². The normalized spacial score (nSPS) is 10.9. The Balaban J connectivity index is 1.79. The van der Waals surface area contributed by atoms with Gasteiger partial charge in [0, 0.05) is 37.6 Å². The smallest absolute Gasteiger partial charge is 0.272 e. The van der Waals surface area contributed by atoms with Crippen LogP contribution in [-0.2, 0) is 6.54 Å². The second kappa shape index (κ2) is 8.40. The number of nitrogens with one attached hydrogen (secondary N) is 1. The van der Waals surface area contributed by atoms with E-state index in [1.54, 1.807) is 12.4 Å². The van der Waals surface area contributed by atoms with Crippen molar-refractivity contribution < 1.29 is 4.79 Å². The molecule has 0 aliphatic rings. The third-order valence-corrected chi connectivity index (χ3v) is 4.08. The molecule has 1 aromatic carbocycles. The molecule has 0 saturated heterocycles. The largest absolute Gasteiger partial charge is 0.332 e. The summed E-state index contributed by atoms with van der Waals surface area (Å²) in [6.07, 6.45) is 3.52. The first kappa shape index (κ1) is 17.8. The van der Waals surface area contributed by atoms with E-state index in [0.29, 0.717) is 18.8 Å². The first-order valence-electron chi connectivity index (χ1n) is 8.57. The monoisotopic (exact) mass is 349 g/mol. The summed E-state index contributed by atoms with van der Waals surface area (Å²) in [6, 6.07) is 15.5. The Morgan fingerprint density at radius 3 is 2.58 bits per heavy atom. The highest BCUT2D eigenvalue weighted by Crippen LogP contribution is 2.18. The lowest BCUT2D eigenvalue weighted by Crippen LogP contribution is -2.36. The number of carbonyl (C=O) groups is 1. The van der Waals surface area contributed by atoms with Crippen molar-refractivity contribution in [3.63, 3.8) is 0 Å². The Hall–Kier alpha value is -2.99. The molecule has 0 aliphatic heterocycles. The van der Waals surface area contributed by atoms with Crippen molar-refractivity contribution in [1.29, 1.82) is 0 Å². The Bertz CT molecular complexity index is 830. The van der Waals surface area contributed by atoms with E-state index in [1.165, 1.54) is 0 Å². The van der Waals surface area contributed by atoms with Crippen molar-refractivity contribution in [3.8, 4) is 11.3 Å². The molecule has 0 fully saturated rings. The van der Waals surface area contributed by atoms with Crippen LogP contribution in [0.4, 0.5) is 0 Å². The van der Waals surface area contributed by atoms with Gasteiger partial charge in [-0.3, -0.25) is 14.9 Å². The number of carbonyl (C=O) groups excluding carboxylic acids is 1. The molecule has 0 aliphatic carbocycles. The number of hydrogen-bond acceptors (Lipinski definition) is 4. The van der Waals surface area contributed by atoms with Crippen LogP contribution in [0.5, 0.6) is 0 Å². The highest BCUT2D eigenvalue weighted by atomic mass is 16.2. The highest BCUT2D eigenvalue weighted by molar-refractivity contribution is 5.93. The van der Waals surface area contributed by atoms with Crippen LogP contribution in [0.1, 0.15) is 16.1 Å². The van der Waals surface area contributed by atoms with E-state index in [1.807, 2.05) is 67.5 Å². The minimum atomic E-state index is -0.0645. The molecule has 0 unspecified atom stereocenters. The molecule has 26 heavy (non-hydrogen) atoms. The van der Waals surface area contributed by atoms with E-state index in [0.717, 1.165) is 23.4 Å². The summed E-state index contributed by atoms with van der Waals surface area (Å²) in [5.74, 6) is -0.0645. The van der Waals surface area contributed by atoms with Crippen molar-refractivity contribution in [2.75, 3.05) is 27.2 Å². The van der Waals surface area contributed by atoms with Crippen molar-refractivity contribution in [3.05, 3.63) is 72.2 Å². The van der Waals surface area contributed by atoms with Gasteiger partial charge in [-0.1, -0.05) is 36.4 Å². The van der Waals surface area contributed by atoms with Crippen LogP contribution in [-0.4, -0.2) is 58.1 Å². The molecule has 0 spiro atoms. The summed E-state index contributed by atoms with van der Waals surface area (Å²) in [5.41, 5.74) is 3.24. The number of benzene rings is 1. The Labute approximate surface area is 153 Å². The molecule has 3 rings (SSSR count). The first-order valence-corrected chi connectivity index (χ1v) is 8.57. The molecule has 134 valence electrons. The summed E-state index contributed by atoms with van der Waals surface area (Å²) in [4.78, 5) is 21.0. The van der Waals surface area contributed by atoms with Gasteiger partial charge in [0.1, 0.15) is 5.69 Å². The quantitative estimate of drug-likeness (QED) is 0.712. The second-order valence-corrected chi connectivity index (χ2v) is 6.42. The van der Waals surface area contributed by atoms with Gasteiger partial charge >= 0.3 is 0 Å². The lowest BCUT2D eigenvalue weighted by Gasteiger charge is -2.23. The molecule has 1 amide bonds. The fourth-order valence-electron chi connectivity index (χ4n) is 2.64. The SMILES string of the molecule is CN(C)CCN(Cc1cccnc1)C(=O)c1cc(-c2ccccc2)n[nH]1. The topological polar surface area (TPSA) is 65.1 Å². The number of H-pyrrole nitrogens is 1. The van der Waals surface area contributed by atoms with Gasteiger partial charge in [0.2, 0.25) is 0 Å². The Morgan fingerprint density at radius 1 is 1.08 bits per heavy atom. The number of hydrogen-bond donors (Lipinski definition) is 1. The predicted molar refractivity (Wildman–Crippen MR) is 102 cm³/mol. The standard InChI is InChI=1S/C20H23N5O/c1-24(2)11-12-25(15-16-7-6-10-21-14-16)20(26)19-13-18(22-23-19)17-8-4-3-5-9-17/h3-10,13-14H,11-12,15H2,1-2H3,(H,22,23). The van der Waals surface area contributed by atoms with E-state index in [-0.39, 0.29) is 5.91 Å². The average molecular weight is 349 g/mol. The molecule has 1 N–H and O–H groups in total. The van der Waals surface area contributed by atoms with Crippen LogP contribution in [0, 0.1) is 0 Å². The van der Waals surface area contributed by atoms with E-state index < -0.39 is 0 Å². The van der Waals surface area contributed by atoms with Gasteiger partial charge in [0.05, 0.1) is 5.69 Å². The summed E-state index contributed by atoms with van der Waals surface area (Å²) in [5, 5.41) is 7.18. The summed E-state index contributed by atoms with van der Waals surface area (Å²) < 4.78 is 0. The zero-order chi connectivity index (χ0) is 18.4. The second-order valence-electron chi connectivity index (χ2n) is 6.42. The average Bonchev–Trinajstić information content (AvgIpc) is 3.16. The van der Waals surface area contributed by atoms with E-state index in [4.69, 9.17) is 0 Å². The summed E-state index contributed by atoms with van der Waals surface area (Å²) in [7, 11) is 3.99. The molecule has 2 aromatic heterocycles. The maximum atomic E-state index is 13.0. The van der Waals surface area contributed by atoms with Crippen LogP contribution in [0.2, 0.25) is 0 Å². The zero-order valence-electron chi connectivity index (χ0n) is 15.1. The predicted octanol–water partition coefficient (Wildman–Crippen LogP) is 2.68. The molecular weight excluding hydrogens is 326 g/mol. The van der Waals surface area contributed by atoms with Gasteiger partial charge in [0.25, 0.3) is 5.91 Å². The van der Waals surface area contributed by atoms with Gasteiger partial charge in [-0.25, -0.2) is 0 Å². The van der Waals surface area contributed by atoms with E-state index in [9.17, 15) is 4.79 Å². The van der Waals surface area contributed by atoms with Crippen molar-refractivity contribution in [2.24, 2.45) is 0 Å². The fraction of sp³-hybridized carbons (Fsp3) is 0.250. The van der Waals surface area contributed by atoms with E-state index in [2.05, 4.69) is 20.1 Å². The highest BCUT2D eigenvalue weighted by Gasteiger charge is 2.19. The maximum Gasteiger partial charge on any atom is 0.272 e. The molecule has 3 aromatic rings. The molecular formula is C20H23N5O. The lowest BCUT2D eigenvalue weighted by atomic mass is 10.1. The number of pyridine rings is 1. The van der Waals surface area contributed by atoms with Gasteiger partial charge < -0.3 is 9.80 Å². The summed E-state index contributed by atoms with van der Waals surface area (Å²) >= 11 is 0. The van der Waals surface area contributed by atoms with Gasteiger partial charge in [-0.15, -0.1) is 0 Å². The zero-order valence-corrected chi connectivity index (χ0v) is 15.1. The maximum absolute atomic E-state index is 13.0. The minimum Gasteiger partial charge on any atom is -0.332 e. The molecule has 0 atom stereocenters. The first-order chi connectivity index (χ1) is 12.6. The van der Waals surface area contributed by atoms with Crippen molar-refractivity contribution in [1.82, 2.24) is 25.0 Å². The molecule has 0 saturated carbocycles. The van der Waals surface area contributed by atoms with Crippen molar-refractivity contribution in [2.45, 2.75) is 6.54 Å². The minimum absolute atomic E-state index is 0.0645. The molecule has 0 radical (unpaired) electrons. The number of aromatic nitrogens is 3. The third kappa shape index (κ3) is 4.55. The van der Waals surface area contributed by atoms with Gasteiger partial charge in [-0.2, -0.15) is 5.10 Å². The van der Waals surface area contributed by atoms with E-state index >= 15 is 0 Å². The molecule has 6 heteroatoms. The lowest BCUT2D eigenvalue weighted by molar-refractivity contribution is 0.0726. The molecule has 6 nitrogen and oxygen atoms in total. The molecule has 0 bridgehead atoms. The van der Waals surface area contributed by atoms with Crippen LogP contribution in [0.25, 0.3) is 11.3 Å². The Kier molecular flexibility index (Phi) is 5.76. The number of aromatic amines is 1.